The number of carbonyl (C=O) groups is 1. The number of esters is 1. The highest BCUT2D eigenvalue weighted by molar-refractivity contribution is 8.00. The van der Waals surface area contributed by atoms with E-state index >= 15 is 0 Å². The highest BCUT2D eigenvalue weighted by Crippen LogP contribution is 2.47. The van der Waals surface area contributed by atoms with Gasteiger partial charge in [0.05, 0.1) is 6.54 Å². The summed E-state index contributed by atoms with van der Waals surface area (Å²) in [5.41, 5.74) is -3.85. The van der Waals surface area contributed by atoms with E-state index in [0.717, 1.165) is 36.4 Å². The molecule has 1 heterocycles. The van der Waals surface area contributed by atoms with E-state index in [0.29, 0.717) is 6.07 Å². The van der Waals surface area contributed by atoms with Crippen molar-refractivity contribution in [2.45, 2.75) is 24.3 Å². The Balaban J connectivity index is 2.34. The highest BCUT2D eigenvalue weighted by Gasteiger charge is 2.56. The summed E-state index contributed by atoms with van der Waals surface area (Å²) in [6.07, 6.45) is 2.14. The number of hydrogen-bond donors (Lipinski definition) is 1. The van der Waals surface area contributed by atoms with Crippen molar-refractivity contribution < 1.29 is 32.2 Å². The lowest BCUT2D eigenvalue weighted by molar-refractivity contribution is -0.141. The fourth-order valence-corrected chi connectivity index (χ4v) is 3.02. The van der Waals surface area contributed by atoms with E-state index in [1.807, 2.05) is 0 Å². The molecular formula is C15H15F4N3O3S. The van der Waals surface area contributed by atoms with Crippen LogP contribution < -0.4 is 0 Å². The summed E-state index contributed by atoms with van der Waals surface area (Å²) in [6, 6.07) is 1.92. The Morgan fingerprint density at radius 3 is 2.69 bits per heavy atom. The Labute approximate surface area is 150 Å². The second kappa shape index (κ2) is 8.04. The summed E-state index contributed by atoms with van der Waals surface area (Å²) in [5.74, 6) is -3.29. The van der Waals surface area contributed by atoms with Gasteiger partial charge in [0.1, 0.15) is 30.9 Å². The van der Waals surface area contributed by atoms with Gasteiger partial charge in [-0.3, -0.25) is 4.79 Å². The molecule has 1 aromatic carbocycles. The van der Waals surface area contributed by atoms with Crippen LogP contribution in [0.15, 0.2) is 30.9 Å². The molecule has 0 aliphatic carbocycles. The fraction of sp³-hybridized carbons (Fsp3) is 0.400. The first-order chi connectivity index (χ1) is 12.2. The van der Waals surface area contributed by atoms with Gasteiger partial charge in [-0.25, -0.2) is 18.4 Å². The summed E-state index contributed by atoms with van der Waals surface area (Å²) < 4.78 is 62.4. The van der Waals surface area contributed by atoms with Crippen LogP contribution in [0, 0.1) is 11.6 Å². The second-order valence-electron chi connectivity index (χ2n) is 5.28. The largest absolute Gasteiger partial charge is 0.465 e. The number of alkyl halides is 2. The molecule has 0 aliphatic heterocycles. The molecule has 1 atom stereocenters. The third kappa shape index (κ3) is 4.52. The first kappa shape index (κ1) is 20.2. The van der Waals surface area contributed by atoms with E-state index < -0.39 is 40.6 Å². The Hall–Kier alpha value is -2.14. The van der Waals surface area contributed by atoms with E-state index in [2.05, 4.69) is 14.8 Å². The fourth-order valence-electron chi connectivity index (χ4n) is 2.18. The minimum absolute atomic E-state index is 0.0253. The lowest BCUT2D eigenvalue weighted by Gasteiger charge is -2.35. The SMILES string of the molecule is CC(=O)OCCSC(F)(F)C(O)(Cn1cncn1)c1ccc(F)cc1F. The number of aromatic nitrogens is 3. The third-order valence-electron chi connectivity index (χ3n) is 3.39. The van der Waals surface area contributed by atoms with Gasteiger partial charge in [0.2, 0.25) is 0 Å². The predicted octanol–water partition coefficient (Wildman–Crippen LogP) is 2.33. The Morgan fingerprint density at radius 2 is 2.12 bits per heavy atom. The average Bonchev–Trinajstić information content (AvgIpc) is 3.03. The van der Waals surface area contributed by atoms with Crippen molar-refractivity contribution in [2.24, 2.45) is 0 Å². The van der Waals surface area contributed by atoms with E-state index in [-0.39, 0.29) is 24.1 Å². The smallest absolute Gasteiger partial charge is 0.328 e. The number of carbonyl (C=O) groups excluding carboxylic acids is 1. The summed E-state index contributed by atoms with van der Waals surface area (Å²) in [5, 5.41) is 10.5. The number of benzene rings is 1. The molecule has 142 valence electrons. The van der Waals surface area contributed by atoms with Crippen molar-refractivity contribution in [1.82, 2.24) is 14.8 Å². The maximum absolute atomic E-state index is 14.8. The lowest BCUT2D eigenvalue weighted by Crippen LogP contribution is -2.47. The highest BCUT2D eigenvalue weighted by atomic mass is 32.2. The molecule has 26 heavy (non-hydrogen) atoms. The molecule has 0 fully saturated rings. The van der Waals surface area contributed by atoms with Crippen LogP contribution in [0.4, 0.5) is 17.6 Å². The number of aliphatic hydroxyl groups is 1. The van der Waals surface area contributed by atoms with Gasteiger partial charge in [-0.1, -0.05) is 11.8 Å². The summed E-state index contributed by atoms with van der Waals surface area (Å²) in [7, 11) is 0. The number of halogens is 4. The molecular weight excluding hydrogens is 378 g/mol. The van der Waals surface area contributed by atoms with Gasteiger partial charge in [-0.2, -0.15) is 13.9 Å². The van der Waals surface area contributed by atoms with Gasteiger partial charge in [-0.15, -0.1) is 0 Å². The van der Waals surface area contributed by atoms with Crippen LogP contribution in [0.5, 0.6) is 0 Å². The van der Waals surface area contributed by atoms with Gasteiger partial charge in [0.15, 0.2) is 5.60 Å². The predicted molar refractivity (Wildman–Crippen MR) is 84.3 cm³/mol. The van der Waals surface area contributed by atoms with E-state index in [1.54, 1.807) is 0 Å². The van der Waals surface area contributed by atoms with Crippen molar-refractivity contribution in [3.05, 3.63) is 48.1 Å². The first-order valence-corrected chi connectivity index (χ1v) is 8.30. The standard InChI is InChI=1S/C15H15F4N3O3S/c1-10(23)25-4-5-26-15(18,19)14(24,7-22-9-20-8-21-22)12-3-2-11(16)6-13(12)17/h2-3,6,8-9,24H,4-5,7H2,1H3. The summed E-state index contributed by atoms with van der Waals surface area (Å²) in [4.78, 5) is 14.3. The molecule has 2 aromatic rings. The topological polar surface area (TPSA) is 77.2 Å². The van der Waals surface area contributed by atoms with Crippen molar-refractivity contribution >= 4 is 17.7 Å². The molecule has 0 aliphatic rings. The maximum Gasteiger partial charge on any atom is 0.328 e. The molecule has 0 spiro atoms. The van der Waals surface area contributed by atoms with Gasteiger partial charge >= 0.3 is 11.2 Å². The zero-order valence-corrected chi connectivity index (χ0v) is 14.4. The van der Waals surface area contributed by atoms with Gasteiger partial charge in [0.25, 0.3) is 0 Å². The van der Waals surface area contributed by atoms with Crippen LogP contribution in [0.25, 0.3) is 0 Å². The monoisotopic (exact) mass is 393 g/mol. The number of rotatable bonds is 8. The molecule has 2 rings (SSSR count). The molecule has 11 heteroatoms. The first-order valence-electron chi connectivity index (χ1n) is 7.31. The summed E-state index contributed by atoms with van der Waals surface area (Å²) >= 11 is -0.0253. The van der Waals surface area contributed by atoms with Gasteiger partial charge < -0.3 is 9.84 Å². The third-order valence-corrected chi connectivity index (χ3v) is 4.46. The van der Waals surface area contributed by atoms with E-state index in [9.17, 15) is 27.5 Å². The van der Waals surface area contributed by atoms with Crippen LogP contribution in [-0.2, 0) is 21.7 Å². The second-order valence-corrected chi connectivity index (χ2v) is 6.49. The normalized spacial score (nSPS) is 14.1. The average molecular weight is 393 g/mol. The number of ether oxygens (including phenoxy) is 1. The Bertz CT molecular complexity index is 761. The Morgan fingerprint density at radius 1 is 1.38 bits per heavy atom. The quantitative estimate of drug-likeness (QED) is 0.421. The van der Waals surface area contributed by atoms with Crippen molar-refractivity contribution in [2.75, 3.05) is 12.4 Å². The molecule has 1 N–H and O–H groups in total. The van der Waals surface area contributed by atoms with Crippen molar-refractivity contribution in [1.29, 1.82) is 0 Å². The molecule has 0 radical (unpaired) electrons. The molecule has 1 aromatic heterocycles. The van der Waals surface area contributed by atoms with Gasteiger partial charge in [-0.05, 0) is 12.1 Å². The van der Waals surface area contributed by atoms with Gasteiger partial charge in [0, 0.05) is 24.3 Å². The molecule has 0 saturated heterocycles. The minimum Gasteiger partial charge on any atom is -0.465 e. The molecule has 0 amide bonds. The molecule has 0 saturated carbocycles. The summed E-state index contributed by atoms with van der Waals surface area (Å²) in [6.45, 7) is -0.0260. The van der Waals surface area contributed by atoms with Crippen LogP contribution in [-0.4, -0.2) is 43.5 Å². The van der Waals surface area contributed by atoms with Crippen LogP contribution in [0.1, 0.15) is 12.5 Å². The zero-order chi connectivity index (χ0) is 19.4. The van der Waals surface area contributed by atoms with E-state index in [1.165, 1.54) is 0 Å². The number of nitrogens with zero attached hydrogens (tertiary/aromatic N) is 3. The zero-order valence-electron chi connectivity index (χ0n) is 13.5. The number of hydrogen-bond acceptors (Lipinski definition) is 6. The van der Waals surface area contributed by atoms with E-state index in [4.69, 9.17) is 0 Å². The van der Waals surface area contributed by atoms with Crippen molar-refractivity contribution in [3.8, 4) is 0 Å². The molecule has 1 unspecified atom stereocenters. The lowest BCUT2D eigenvalue weighted by atomic mass is 9.93. The minimum atomic E-state index is -3.92. The van der Waals surface area contributed by atoms with Crippen LogP contribution in [0.3, 0.4) is 0 Å². The van der Waals surface area contributed by atoms with Crippen molar-refractivity contribution in [3.63, 3.8) is 0 Å². The maximum atomic E-state index is 14.8. The number of thioether (sulfide) groups is 1. The van der Waals surface area contributed by atoms with Crippen LogP contribution >= 0.6 is 11.8 Å². The molecule has 6 nitrogen and oxygen atoms in total. The Kier molecular flexibility index (Phi) is 6.24. The molecule has 0 bridgehead atoms. The van der Waals surface area contributed by atoms with Crippen LogP contribution in [0.2, 0.25) is 0 Å².